The summed E-state index contributed by atoms with van der Waals surface area (Å²) in [6, 6.07) is 11.9. The summed E-state index contributed by atoms with van der Waals surface area (Å²) in [6.07, 6.45) is 1.83. The van der Waals surface area contributed by atoms with Crippen LogP contribution in [0.15, 0.2) is 53.3 Å². The summed E-state index contributed by atoms with van der Waals surface area (Å²) in [5, 5.41) is 4.02. The molecule has 2 heterocycles. The Labute approximate surface area is 149 Å². The first kappa shape index (κ1) is 16.3. The van der Waals surface area contributed by atoms with Crippen LogP contribution in [0.5, 0.6) is 5.75 Å². The van der Waals surface area contributed by atoms with Crippen molar-refractivity contribution in [1.82, 2.24) is 19.7 Å². The van der Waals surface area contributed by atoms with Crippen molar-refractivity contribution in [1.29, 1.82) is 0 Å². The number of ether oxygens (including phenoxy) is 1. The number of aromatic nitrogens is 4. The van der Waals surface area contributed by atoms with Gasteiger partial charge in [-0.2, -0.15) is 4.98 Å². The molecule has 0 saturated carbocycles. The summed E-state index contributed by atoms with van der Waals surface area (Å²) in [5.41, 5.74) is 2.79. The Balaban J connectivity index is 1.54. The largest absolute Gasteiger partial charge is 0.484 e. The molecule has 0 radical (unpaired) electrons. The van der Waals surface area contributed by atoms with Crippen molar-refractivity contribution in [3.8, 4) is 17.1 Å². The molecular formula is C19H17FN4O2. The molecule has 0 bridgehead atoms. The summed E-state index contributed by atoms with van der Waals surface area (Å²) < 4.78 is 25.8. The molecule has 26 heavy (non-hydrogen) atoms. The molecule has 0 unspecified atom stereocenters. The van der Waals surface area contributed by atoms with Crippen molar-refractivity contribution in [2.75, 3.05) is 0 Å². The van der Waals surface area contributed by atoms with Gasteiger partial charge in [-0.15, -0.1) is 0 Å². The summed E-state index contributed by atoms with van der Waals surface area (Å²) in [5.74, 6) is 1.06. The van der Waals surface area contributed by atoms with Crippen LogP contribution in [-0.4, -0.2) is 19.7 Å². The third kappa shape index (κ3) is 3.15. The fourth-order valence-electron chi connectivity index (χ4n) is 2.68. The van der Waals surface area contributed by atoms with E-state index in [2.05, 4.69) is 33.5 Å². The van der Waals surface area contributed by atoms with Gasteiger partial charge >= 0.3 is 0 Å². The van der Waals surface area contributed by atoms with Crippen molar-refractivity contribution >= 4 is 11.0 Å². The Hall–Kier alpha value is -3.22. The zero-order valence-corrected chi connectivity index (χ0v) is 14.4. The topological polar surface area (TPSA) is 66.0 Å². The van der Waals surface area contributed by atoms with E-state index in [-0.39, 0.29) is 12.4 Å². The van der Waals surface area contributed by atoms with E-state index in [0.717, 1.165) is 16.6 Å². The van der Waals surface area contributed by atoms with Crippen molar-refractivity contribution in [2.24, 2.45) is 0 Å². The highest BCUT2D eigenvalue weighted by atomic mass is 19.1. The molecule has 2 aromatic carbocycles. The van der Waals surface area contributed by atoms with Gasteiger partial charge in [-0.05, 0) is 56.3 Å². The van der Waals surface area contributed by atoms with Gasteiger partial charge in [0.05, 0.1) is 17.4 Å². The smallest absolute Gasteiger partial charge is 0.264 e. The minimum atomic E-state index is -0.312. The van der Waals surface area contributed by atoms with Gasteiger partial charge in [0.2, 0.25) is 5.82 Å². The molecule has 0 amide bonds. The Bertz CT molecular complexity index is 1040. The summed E-state index contributed by atoms with van der Waals surface area (Å²) in [6.45, 7) is 4.32. The first-order chi connectivity index (χ1) is 12.6. The highest BCUT2D eigenvalue weighted by molar-refractivity contribution is 5.80. The Kier molecular flexibility index (Phi) is 4.12. The predicted molar refractivity (Wildman–Crippen MR) is 94.1 cm³/mol. The van der Waals surface area contributed by atoms with Crippen LogP contribution >= 0.6 is 0 Å². The number of nitrogens with zero attached hydrogens (tertiary/aromatic N) is 4. The van der Waals surface area contributed by atoms with E-state index in [0.29, 0.717) is 23.5 Å². The quantitative estimate of drug-likeness (QED) is 0.533. The second-order valence-corrected chi connectivity index (χ2v) is 6.20. The zero-order valence-electron chi connectivity index (χ0n) is 14.4. The summed E-state index contributed by atoms with van der Waals surface area (Å²) in [7, 11) is 0. The SMILES string of the molecule is CC(C)n1cnc2ccc(-c3noc(COc4ccc(F)cc4)n3)cc21. The van der Waals surface area contributed by atoms with Crippen LogP contribution in [0.25, 0.3) is 22.4 Å². The number of hydrogen-bond acceptors (Lipinski definition) is 5. The Morgan fingerprint density at radius 2 is 1.96 bits per heavy atom. The van der Waals surface area contributed by atoms with E-state index in [1.807, 2.05) is 24.5 Å². The van der Waals surface area contributed by atoms with Gasteiger partial charge in [-0.1, -0.05) is 5.16 Å². The second-order valence-electron chi connectivity index (χ2n) is 6.20. The number of imidazole rings is 1. The normalized spacial score (nSPS) is 11.4. The van der Waals surface area contributed by atoms with Gasteiger partial charge in [-0.25, -0.2) is 9.37 Å². The second kappa shape index (κ2) is 6.59. The zero-order chi connectivity index (χ0) is 18.1. The minimum Gasteiger partial charge on any atom is -0.484 e. The molecule has 0 atom stereocenters. The van der Waals surface area contributed by atoms with Crippen LogP contribution < -0.4 is 4.74 Å². The molecule has 0 aliphatic carbocycles. The predicted octanol–water partition coefficient (Wildman–Crippen LogP) is 4.39. The van der Waals surface area contributed by atoms with Crippen molar-refractivity contribution in [3.05, 3.63) is 60.5 Å². The lowest BCUT2D eigenvalue weighted by atomic mass is 10.2. The molecular weight excluding hydrogens is 335 g/mol. The van der Waals surface area contributed by atoms with Crippen LogP contribution in [0.4, 0.5) is 4.39 Å². The lowest BCUT2D eigenvalue weighted by Crippen LogP contribution is -1.98. The van der Waals surface area contributed by atoms with E-state index < -0.39 is 0 Å². The van der Waals surface area contributed by atoms with Crippen LogP contribution in [0, 0.1) is 5.82 Å². The number of rotatable bonds is 5. The van der Waals surface area contributed by atoms with Crippen molar-refractivity contribution < 1.29 is 13.7 Å². The maximum absolute atomic E-state index is 12.9. The monoisotopic (exact) mass is 352 g/mol. The molecule has 0 fully saturated rings. The molecule has 6 nitrogen and oxygen atoms in total. The average molecular weight is 352 g/mol. The van der Waals surface area contributed by atoms with Gasteiger partial charge in [0.15, 0.2) is 6.61 Å². The van der Waals surface area contributed by atoms with E-state index in [9.17, 15) is 4.39 Å². The molecule has 2 aromatic heterocycles. The number of fused-ring (bicyclic) bond motifs is 1. The van der Waals surface area contributed by atoms with Gasteiger partial charge in [0.25, 0.3) is 5.89 Å². The molecule has 0 aliphatic heterocycles. The lowest BCUT2D eigenvalue weighted by molar-refractivity contribution is 0.242. The van der Waals surface area contributed by atoms with Gasteiger partial charge in [0, 0.05) is 11.6 Å². The van der Waals surface area contributed by atoms with Crippen molar-refractivity contribution in [2.45, 2.75) is 26.5 Å². The summed E-state index contributed by atoms with van der Waals surface area (Å²) >= 11 is 0. The Morgan fingerprint density at radius 1 is 1.15 bits per heavy atom. The molecule has 7 heteroatoms. The molecule has 4 aromatic rings. The first-order valence-corrected chi connectivity index (χ1v) is 8.28. The van der Waals surface area contributed by atoms with Crippen LogP contribution in [-0.2, 0) is 6.61 Å². The highest BCUT2D eigenvalue weighted by Gasteiger charge is 2.12. The number of halogens is 1. The molecule has 132 valence electrons. The minimum absolute atomic E-state index is 0.116. The maximum Gasteiger partial charge on any atom is 0.264 e. The van der Waals surface area contributed by atoms with Crippen LogP contribution in [0.2, 0.25) is 0 Å². The van der Waals surface area contributed by atoms with Gasteiger partial charge in [-0.3, -0.25) is 0 Å². The third-order valence-electron chi connectivity index (χ3n) is 4.03. The van der Waals surface area contributed by atoms with Gasteiger partial charge in [0.1, 0.15) is 11.6 Å². The fraction of sp³-hybridized carbons (Fsp3) is 0.211. The molecule has 0 N–H and O–H groups in total. The average Bonchev–Trinajstić information content (AvgIpc) is 3.27. The van der Waals surface area contributed by atoms with Gasteiger partial charge < -0.3 is 13.8 Å². The molecule has 4 rings (SSSR count). The summed E-state index contributed by atoms with van der Waals surface area (Å²) in [4.78, 5) is 8.77. The Morgan fingerprint density at radius 3 is 2.73 bits per heavy atom. The molecule has 0 aliphatic rings. The van der Waals surface area contributed by atoms with E-state index in [1.165, 1.54) is 12.1 Å². The van der Waals surface area contributed by atoms with Crippen molar-refractivity contribution in [3.63, 3.8) is 0 Å². The van der Waals surface area contributed by atoms with Crippen LogP contribution in [0.3, 0.4) is 0 Å². The lowest BCUT2D eigenvalue weighted by Gasteiger charge is -2.07. The van der Waals surface area contributed by atoms with E-state index in [1.54, 1.807) is 12.1 Å². The number of hydrogen-bond donors (Lipinski definition) is 0. The number of benzene rings is 2. The maximum atomic E-state index is 12.9. The van der Waals surface area contributed by atoms with E-state index >= 15 is 0 Å². The standard InChI is InChI=1S/C19H17FN4O2/c1-12(2)24-11-21-16-8-3-13(9-17(16)24)19-22-18(26-23-19)10-25-15-6-4-14(20)5-7-15/h3-9,11-12H,10H2,1-2H3. The molecule has 0 saturated heterocycles. The fourth-order valence-corrected chi connectivity index (χ4v) is 2.68. The van der Waals surface area contributed by atoms with Crippen LogP contribution in [0.1, 0.15) is 25.8 Å². The third-order valence-corrected chi connectivity index (χ3v) is 4.03. The molecule has 0 spiro atoms. The first-order valence-electron chi connectivity index (χ1n) is 8.28. The highest BCUT2D eigenvalue weighted by Crippen LogP contribution is 2.24. The van der Waals surface area contributed by atoms with E-state index in [4.69, 9.17) is 9.26 Å².